The van der Waals surface area contributed by atoms with Crippen LogP contribution in [0.4, 0.5) is 0 Å². The van der Waals surface area contributed by atoms with Gasteiger partial charge >= 0.3 is 5.97 Å². The molecule has 1 aliphatic heterocycles. The van der Waals surface area contributed by atoms with Crippen molar-refractivity contribution in [3.63, 3.8) is 0 Å². The summed E-state index contributed by atoms with van der Waals surface area (Å²) < 4.78 is 4.71. The fourth-order valence-electron chi connectivity index (χ4n) is 1.80. The van der Waals surface area contributed by atoms with Crippen LogP contribution < -0.4 is 5.32 Å². The van der Waals surface area contributed by atoms with E-state index in [1.807, 2.05) is 0 Å². The topological polar surface area (TPSA) is 75.4 Å². The van der Waals surface area contributed by atoms with Gasteiger partial charge in [-0.1, -0.05) is 5.16 Å². The third kappa shape index (κ3) is 1.63. The smallest absolute Gasteiger partial charge is 0.340 e. The van der Waals surface area contributed by atoms with E-state index in [2.05, 4.69) is 10.5 Å². The first-order valence-corrected chi connectivity index (χ1v) is 4.67. The average Bonchev–Trinajstić information content (AvgIpc) is 2.67. The van der Waals surface area contributed by atoms with Gasteiger partial charge in [-0.15, -0.1) is 0 Å². The van der Waals surface area contributed by atoms with E-state index < -0.39 is 5.97 Å². The molecule has 0 aliphatic carbocycles. The molecule has 0 spiro atoms. The molecule has 0 saturated carbocycles. The molecule has 76 valence electrons. The highest BCUT2D eigenvalue weighted by Gasteiger charge is 2.24. The van der Waals surface area contributed by atoms with Crippen molar-refractivity contribution in [2.75, 3.05) is 13.1 Å². The van der Waals surface area contributed by atoms with Crippen molar-refractivity contribution in [3.05, 3.63) is 17.5 Å². The highest BCUT2D eigenvalue weighted by atomic mass is 16.5. The van der Waals surface area contributed by atoms with Crippen molar-refractivity contribution in [3.8, 4) is 0 Å². The van der Waals surface area contributed by atoms with Crippen molar-refractivity contribution < 1.29 is 14.4 Å². The van der Waals surface area contributed by atoms with E-state index >= 15 is 0 Å². The zero-order valence-corrected chi connectivity index (χ0v) is 7.69. The number of hydrogen-bond donors (Lipinski definition) is 2. The summed E-state index contributed by atoms with van der Waals surface area (Å²) in [5.41, 5.74) is 0.802. The van der Waals surface area contributed by atoms with E-state index in [4.69, 9.17) is 9.63 Å². The van der Waals surface area contributed by atoms with Crippen LogP contribution in [0.1, 0.15) is 34.8 Å². The van der Waals surface area contributed by atoms with Gasteiger partial charge in [0.05, 0.1) is 0 Å². The second kappa shape index (κ2) is 3.79. The summed E-state index contributed by atoms with van der Waals surface area (Å²) in [6.07, 6.45) is 3.05. The summed E-state index contributed by atoms with van der Waals surface area (Å²) in [5.74, 6) is -0.735. The lowest BCUT2D eigenvalue weighted by atomic mass is 9.92. The van der Waals surface area contributed by atoms with Gasteiger partial charge in [-0.05, 0) is 25.9 Å². The first kappa shape index (κ1) is 9.21. The Balaban J connectivity index is 2.21. The monoisotopic (exact) mass is 196 g/mol. The predicted octanol–water partition coefficient (Wildman–Crippen LogP) is 0.840. The maximum absolute atomic E-state index is 10.8. The van der Waals surface area contributed by atoms with Crippen molar-refractivity contribution in [1.82, 2.24) is 10.5 Å². The number of carbonyl (C=O) groups is 1. The van der Waals surface area contributed by atoms with Gasteiger partial charge in [-0.3, -0.25) is 0 Å². The Kier molecular flexibility index (Phi) is 2.49. The number of nitrogens with one attached hydrogen (secondary N) is 1. The minimum Gasteiger partial charge on any atom is -0.478 e. The van der Waals surface area contributed by atoms with Gasteiger partial charge in [0, 0.05) is 5.92 Å². The van der Waals surface area contributed by atoms with E-state index in [-0.39, 0.29) is 11.5 Å². The minimum absolute atomic E-state index is 0.205. The van der Waals surface area contributed by atoms with E-state index in [0.29, 0.717) is 5.69 Å². The summed E-state index contributed by atoms with van der Waals surface area (Å²) in [7, 11) is 0. The Hall–Kier alpha value is -1.36. The number of rotatable bonds is 2. The molecule has 1 saturated heterocycles. The van der Waals surface area contributed by atoms with E-state index in [1.165, 1.54) is 6.26 Å². The number of aromatic nitrogens is 1. The van der Waals surface area contributed by atoms with Crippen LogP contribution in [0.5, 0.6) is 0 Å². The molecule has 0 unspecified atom stereocenters. The standard InChI is InChI=1S/C9H12N2O3/c12-9(13)7-5-14-11-8(7)6-1-3-10-4-2-6/h5-6,10H,1-4H2,(H,12,13). The van der Waals surface area contributed by atoms with Crippen molar-refractivity contribution >= 4 is 5.97 Å². The number of nitrogens with zero attached hydrogens (tertiary/aromatic N) is 1. The second-order valence-corrected chi connectivity index (χ2v) is 3.44. The third-order valence-electron chi connectivity index (χ3n) is 2.55. The molecule has 1 aliphatic rings. The fraction of sp³-hybridized carbons (Fsp3) is 0.556. The van der Waals surface area contributed by atoms with Gasteiger partial charge < -0.3 is 14.9 Å². The van der Waals surface area contributed by atoms with Gasteiger partial charge in [0.15, 0.2) is 0 Å². The lowest BCUT2D eigenvalue weighted by Crippen LogP contribution is -2.27. The molecule has 2 N–H and O–H groups in total. The predicted molar refractivity (Wildman–Crippen MR) is 48.3 cm³/mol. The largest absolute Gasteiger partial charge is 0.478 e. The highest BCUT2D eigenvalue weighted by molar-refractivity contribution is 5.88. The molecule has 0 bridgehead atoms. The molecule has 0 aromatic carbocycles. The molecule has 0 radical (unpaired) electrons. The molecule has 0 amide bonds. The molecular weight excluding hydrogens is 184 g/mol. The van der Waals surface area contributed by atoms with Gasteiger partial charge in [-0.2, -0.15) is 0 Å². The van der Waals surface area contributed by atoms with Crippen LogP contribution in [0.3, 0.4) is 0 Å². The molecule has 5 nitrogen and oxygen atoms in total. The zero-order chi connectivity index (χ0) is 9.97. The van der Waals surface area contributed by atoms with Crippen molar-refractivity contribution in [2.45, 2.75) is 18.8 Å². The van der Waals surface area contributed by atoms with E-state index in [0.717, 1.165) is 25.9 Å². The molecular formula is C9H12N2O3. The summed E-state index contributed by atoms with van der Waals surface area (Å²) >= 11 is 0. The first-order chi connectivity index (χ1) is 6.79. The zero-order valence-electron chi connectivity index (χ0n) is 7.69. The van der Waals surface area contributed by atoms with Crippen LogP contribution in [0.15, 0.2) is 10.8 Å². The van der Waals surface area contributed by atoms with Crippen LogP contribution in [0, 0.1) is 0 Å². The molecule has 1 fully saturated rings. The number of piperidine rings is 1. The van der Waals surface area contributed by atoms with E-state index in [9.17, 15) is 4.79 Å². The maximum atomic E-state index is 10.8. The number of carboxylic acids is 1. The first-order valence-electron chi connectivity index (χ1n) is 4.67. The van der Waals surface area contributed by atoms with Gasteiger partial charge in [0.25, 0.3) is 0 Å². The summed E-state index contributed by atoms with van der Waals surface area (Å²) in [4.78, 5) is 10.8. The Morgan fingerprint density at radius 1 is 1.57 bits per heavy atom. The normalized spacial score (nSPS) is 18.3. The summed E-state index contributed by atoms with van der Waals surface area (Å²) in [5, 5.41) is 15.9. The average molecular weight is 196 g/mol. The highest BCUT2D eigenvalue weighted by Crippen LogP contribution is 2.26. The molecule has 2 heterocycles. The lowest BCUT2D eigenvalue weighted by Gasteiger charge is -2.20. The Labute approximate surface area is 81.1 Å². The van der Waals surface area contributed by atoms with Crippen LogP contribution in [0.2, 0.25) is 0 Å². The van der Waals surface area contributed by atoms with Crippen LogP contribution in [-0.2, 0) is 0 Å². The molecule has 2 rings (SSSR count). The quantitative estimate of drug-likeness (QED) is 0.733. The number of aromatic carboxylic acids is 1. The molecule has 0 atom stereocenters. The summed E-state index contributed by atoms with van der Waals surface area (Å²) in [6.45, 7) is 1.83. The molecule has 14 heavy (non-hydrogen) atoms. The van der Waals surface area contributed by atoms with Crippen molar-refractivity contribution in [1.29, 1.82) is 0 Å². The third-order valence-corrected chi connectivity index (χ3v) is 2.55. The fourth-order valence-corrected chi connectivity index (χ4v) is 1.80. The van der Waals surface area contributed by atoms with Crippen LogP contribution in [-0.4, -0.2) is 29.3 Å². The molecule has 1 aromatic heterocycles. The van der Waals surface area contributed by atoms with Gasteiger partial charge in [0.2, 0.25) is 0 Å². The number of hydrogen-bond acceptors (Lipinski definition) is 4. The summed E-state index contributed by atoms with van der Waals surface area (Å²) in [6, 6.07) is 0. The SMILES string of the molecule is O=C(O)c1conc1C1CCNCC1. The Morgan fingerprint density at radius 2 is 2.29 bits per heavy atom. The minimum atomic E-state index is -0.959. The van der Waals surface area contributed by atoms with Crippen molar-refractivity contribution in [2.24, 2.45) is 0 Å². The Bertz CT molecular complexity index is 329. The van der Waals surface area contributed by atoms with E-state index in [1.54, 1.807) is 0 Å². The van der Waals surface area contributed by atoms with Gasteiger partial charge in [-0.25, -0.2) is 4.79 Å². The molecule has 5 heteroatoms. The van der Waals surface area contributed by atoms with Crippen LogP contribution >= 0.6 is 0 Å². The Morgan fingerprint density at radius 3 is 2.93 bits per heavy atom. The molecule has 1 aromatic rings. The number of carboxylic acid groups (broad SMARTS) is 1. The maximum Gasteiger partial charge on any atom is 0.340 e. The second-order valence-electron chi connectivity index (χ2n) is 3.44. The van der Waals surface area contributed by atoms with Gasteiger partial charge in [0.1, 0.15) is 17.5 Å². The van der Waals surface area contributed by atoms with Crippen LogP contribution in [0.25, 0.3) is 0 Å². The lowest BCUT2D eigenvalue weighted by molar-refractivity contribution is 0.0694.